The molecule has 0 saturated carbocycles. The van der Waals surface area contributed by atoms with Crippen molar-refractivity contribution in [3.05, 3.63) is 29.8 Å². The fourth-order valence-electron chi connectivity index (χ4n) is 3.13. The van der Waals surface area contributed by atoms with E-state index in [1.54, 1.807) is 0 Å². The molecule has 1 aromatic carbocycles. The zero-order valence-electron chi connectivity index (χ0n) is 15.0. The minimum atomic E-state index is -0.520. The molecule has 2 atom stereocenters. The third-order valence-electron chi connectivity index (χ3n) is 4.27. The Kier molecular flexibility index (Phi) is 7.06. The van der Waals surface area contributed by atoms with E-state index in [1.165, 1.54) is 5.56 Å². The Bertz CT molecular complexity index is 516. The molecule has 1 fully saturated rings. The van der Waals surface area contributed by atoms with Gasteiger partial charge in [-0.05, 0) is 36.5 Å². The number of primary amides is 1. The van der Waals surface area contributed by atoms with Crippen molar-refractivity contribution in [1.29, 1.82) is 0 Å². The molecular formula is C19H30N2O3. The standard InChI is InChI=1S/C19H30N2O3/c1-4-10-23-16-7-5-15(6-8-16)13-21-9-11-24-18(19(20)22)17(21)12-14(2)3/h5-8,14,17-18H,4,9-13H2,1-3H3,(H2,20,22). The van der Waals surface area contributed by atoms with E-state index in [2.05, 4.69) is 37.8 Å². The molecule has 0 spiro atoms. The fourth-order valence-corrected chi connectivity index (χ4v) is 3.13. The molecule has 1 aromatic rings. The molecule has 2 unspecified atom stereocenters. The van der Waals surface area contributed by atoms with Crippen molar-refractivity contribution in [3.8, 4) is 5.75 Å². The van der Waals surface area contributed by atoms with Gasteiger partial charge in [0.15, 0.2) is 6.10 Å². The summed E-state index contributed by atoms with van der Waals surface area (Å²) in [6.07, 6.45) is 1.37. The first-order valence-corrected chi connectivity index (χ1v) is 8.88. The molecule has 2 rings (SSSR count). The van der Waals surface area contributed by atoms with Crippen molar-refractivity contribution in [2.45, 2.75) is 52.3 Å². The normalized spacial score (nSPS) is 21.8. The number of ether oxygens (including phenoxy) is 2. The minimum Gasteiger partial charge on any atom is -0.494 e. The average Bonchev–Trinajstić information content (AvgIpc) is 2.55. The van der Waals surface area contributed by atoms with Crippen LogP contribution in [0.5, 0.6) is 5.75 Å². The number of nitrogens with two attached hydrogens (primary N) is 1. The average molecular weight is 334 g/mol. The number of hydrogen-bond donors (Lipinski definition) is 1. The van der Waals surface area contributed by atoms with Crippen molar-refractivity contribution < 1.29 is 14.3 Å². The third kappa shape index (κ3) is 5.21. The zero-order valence-corrected chi connectivity index (χ0v) is 15.0. The van der Waals surface area contributed by atoms with Crippen LogP contribution in [0, 0.1) is 5.92 Å². The van der Waals surface area contributed by atoms with Crippen LogP contribution in [0.1, 0.15) is 39.2 Å². The molecule has 0 aromatic heterocycles. The van der Waals surface area contributed by atoms with Gasteiger partial charge in [-0.3, -0.25) is 9.69 Å². The van der Waals surface area contributed by atoms with Crippen LogP contribution in [0.4, 0.5) is 0 Å². The summed E-state index contributed by atoms with van der Waals surface area (Å²) >= 11 is 0. The highest BCUT2D eigenvalue weighted by Gasteiger charge is 2.36. The van der Waals surface area contributed by atoms with E-state index in [0.717, 1.165) is 38.3 Å². The SMILES string of the molecule is CCCOc1ccc(CN2CCOC(C(N)=O)C2CC(C)C)cc1. The van der Waals surface area contributed by atoms with Gasteiger partial charge in [0.05, 0.1) is 13.2 Å². The number of carbonyl (C=O) groups excluding carboxylic acids is 1. The van der Waals surface area contributed by atoms with Gasteiger partial charge in [0.1, 0.15) is 5.75 Å². The van der Waals surface area contributed by atoms with Crippen LogP contribution >= 0.6 is 0 Å². The minimum absolute atomic E-state index is 0.0345. The zero-order chi connectivity index (χ0) is 17.5. The van der Waals surface area contributed by atoms with Gasteiger partial charge in [0, 0.05) is 19.1 Å². The van der Waals surface area contributed by atoms with Crippen LogP contribution in [0.2, 0.25) is 0 Å². The van der Waals surface area contributed by atoms with Gasteiger partial charge >= 0.3 is 0 Å². The molecule has 1 aliphatic heterocycles. The topological polar surface area (TPSA) is 64.8 Å². The lowest BCUT2D eigenvalue weighted by molar-refractivity contribution is -0.143. The summed E-state index contributed by atoms with van der Waals surface area (Å²) in [6, 6.07) is 8.23. The number of carbonyl (C=O) groups is 1. The van der Waals surface area contributed by atoms with Crippen molar-refractivity contribution >= 4 is 5.91 Å². The fraction of sp³-hybridized carbons (Fsp3) is 0.632. The van der Waals surface area contributed by atoms with Crippen molar-refractivity contribution in [2.24, 2.45) is 11.7 Å². The molecule has 24 heavy (non-hydrogen) atoms. The number of amides is 1. The Balaban J connectivity index is 2.05. The number of hydrogen-bond acceptors (Lipinski definition) is 4. The lowest BCUT2D eigenvalue weighted by atomic mass is 9.95. The van der Waals surface area contributed by atoms with Crippen LogP contribution in [0.3, 0.4) is 0 Å². The van der Waals surface area contributed by atoms with Gasteiger partial charge in [-0.2, -0.15) is 0 Å². The molecule has 134 valence electrons. The van der Waals surface area contributed by atoms with E-state index in [1.807, 2.05) is 12.1 Å². The molecular weight excluding hydrogens is 304 g/mol. The van der Waals surface area contributed by atoms with E-state index < -0.39 is 6.10 Å². The first kappa shape index (κ1) is 18.7. The highest BCUT2D eigenvalue weighted by atomic mass is 16.5. The molecule has 1 aliphatic rings. The number of nitrogens with zero attached hydrogens (tertiary/aromatic N) is 1. The van der Waals surface area contributed by atoms with Crippen LogP contribution in [-0.4, -0.2) is 42.7 Å². The van der Waals surface area contributed by atoms with Gasteiger partial charge in [-0.15, -0.1) is 0 Å². The Morgan fingerprint density at radius 2 is 2.08 bits per heavy atom. The largest absolute Gasteiger partial charge is 0.494 e. The van der Waals surface area contributed by atoms with Crippen LogP contribution in [0.15, 0.2) is 24.3 Å². The number of rotatable bonds is 8. The third-order valence-corrected chi connectivity index (χ3v) is 4.27. The highest BCUT2D eigenvalue weighted by molar-refractivity contribution is 5.79. The van der Waals surface area contributed by atoms with Gasteiger partial charge in [-0.25, -0.2) is 0 Å². The highest BCUT2D eigenvalue weighted by Crippen LogP contribution is 2.24. The predicted molar refractivity (Wildman–Crippen MR) is 94.8 cm³/mol. The molecule has 0 radical (unpaired) electrons. The van der Waals surface area contributed by atoms with Gasteiger partial charge in [0.2, 0.25) is 5.91 Å². The Morgan fingerprint density at radius 3 is 2.67 bits per heavy atom. The van der Waals surface area contributed by atoms with Crippen LogP contribution in [-0.2, 0) is 16.1 Å². The Hall–Kier alpha value is -1.59. The molecule has 1 heterocycles. The summed E-state index contributed by atoms with van der Waals surface area (Å²) in [5.41, 5.74) is 6.75. The van der Waals surface area contributed by atoms with Gasteiger partial charge in [-0.1, -0.05) is 32.9 Å². The van der Waals surface area contributed by atoms with Crippen LogP contribution in [0.25, 0.3) is 0 Å². The maximum Gasteiger partial charge on any atom is 0.248 e. The van der Waals surface area contributed by atoms with E-state index in [-0.39, 0.29) is 11.9 Å². The first-order chi connectivity index (χ1) is 11.5. The van der Waals surface area contributed by atoms with Gasteiger partial charge in [0.25, 0.3) is 0 Å². The Labute approximate surface area is 145 Å². The molecule has 5 heteroatoms. The second-order valence-corrected chi connectivity index (χ2v) is 6.85. The number of benzene rings is 1. The van der Waals surface area contributed by atoms with E-state index >= 15 is 0 Å². The summed E-state index contributed by atoms with van der Waals surface area (Å²) in [6.45, 7) is 9.29. The lowest BCUT2D eigenvalue weighted by Gasteiger charge is -2.40. The molecule has 0 bridgehead atoms. The quantitative estimate of drug-likeness (QED) is 0.793. The summed E-state index contributed by atoms with van der Waals surface area (Å²) in [5, 5.41) is 0. The monoisotopic (exact) mass is 334 g/mol. The van der Waals surface area contributed by atoms with Crippen molar-refractivity contribution in [2.75, 3.05) is 19.8 Å². The molecule has 0 aliphatic carbocycles. The summed E-state index contributed by atoms with van der Waals surface area (Å²) in [7, 11) is 0. The second kappa shape index (κ2) is 9.04. The van der Waals surface area contributed by atoms with E-state index in [4.69, 9.17) is 15.2 Å². The predicted octanol–water partition coefficient (Wildman–Crippen LogP) is 2.58. The molecule has 2 N–H and O–H groups in total. The van der Waals surface area contributed by atoms with Crippen LogP contribution < -0.4 is 10.5 Å². The van der Waals surface area contributed by atoms with Crippen molar-refractivity contribution in [1.82, 2.24) is 4.90 Å². The second-order valence-electron chi connectivity index (χ2n) is 6.85. The summed E-state index contributed by atoms with van der Waals surface area (Å²) in [4.78, 5) is 14.1. The first-order valence-electron chi connectivity index (χ1n) is 8.88. The molecule has 1 saturated heterocycles. The van der Waals surface area contributed by atoms with Gasteiger partial charge < -0.3 is 15.2 Å². The molecule has 1 amide bonds. The molecule has 5 nitrogen and oxygen atoms in total. The number of morpholine rings is 1. The van der Waals surface area contributed by atoms with E-state index in [0.29, 0.717) is 12.5 Å². The van der Waals surface area contributed by atoms with Crippen molar-refractivity contribution in [3.63, 3.8) is 0 Å². The summed E-state index contributed by atoms with van der Waals surface area (Å²) < 4.78 is 11.3. The maximum atomic E-state index is 11.7. The smallest absolute Gasteiger partial charge is 0.248 e. The lowest BCUT2D eigenvalue weighted by Crippen LogP contribution is -2.56. The maximum absolute atomic E-state index is 11.7. The van der Waals surface area contributed by atoms with E-state index in [9.17, 15) is 4.79 Å². The summed E-state index contributed by atoms with van der Waals surface area (Å²) in [5.74, 6) is 1.01. The Morgan fingerprint density at radius 1 is 1.38 bits per heavy atom.